The number of rotatable bonds is 6. The van der Waals surface area contributed by atoms with Crippen LogP contribution in [0.15, 0.2) is 53.4 Å². The third-order valence-electron chi connectivity index (χ3n) is 7.27. The van der Waals surface area contributed by atoms with E-state index in [2.05, 4.69) is 24.3 Å². The molecule has 1 saturated carbocycles. The first kappa shape index (κ1) is 27.5. The summed E-state index contributed by atoms with van der Waals surface area (Å²) in [5, 5.41) is 0.687. The molecule has 2 aromatic rings. The first-order valence-corrected chi connectivity index (χ1v) is 13.9. The molecule has 2 fully saturated rings. The maximum Gasteiger partial charge on any atom is 0.327 e. The van der Waals surface area contributed by atoms with Crippen molar-refractivity contribution in [1.29, 1.82) is 0 Å². The molecular formula is C29H35ClN2O4S. The topological polar surface area (TPSA) is 66.9 Å². The van der Waals surface area contributed by atoms with Crippen LogP contribution in [0.5, 0.6) is 0 Å². The number of ether oxygens (including phenoxy) is 1. The summed E-state index contributed by atoms with van der Waals surface area (Å²) >= 11 is 7.68. The molecule has 198 valence electrons. The van der Waals surface area contributed by atoms with E-state index in [1.807, 2.05) is 45.0 Å². The van der Waals surface area contributed by atoms with E-state index in [4.69, 9.17) is 16.3 Å². The van der Waals surface area contributed by atoms with Crippen LogP contribution in [0.1, 0.15) is 47.5 Å². The fourth-order valence-corrected chi connectivity index (χ4v) is 6.51. The molecule has 2 aromatic carbocycles. The van der Waals surface area contributed by atoms with Gasteiger partial charge in [0.1, 0.15) is 11.1 Å². The lowest BCUT2D eigenvalue weighted by molar-refractivity contribution is -0.161. The van der Waals surface area contributed by atoms with Crippen LogP contribution in [-0.4, -0.2) is 57.7 Å². The SMILES string of the molecule is CN1C(=O)N(C[C@@H]2CC[C@H](Sc3ccc(-c4ccc(Cl)cc4)cc3)[C@H]2C(=O)OC(C)(C)C)C(=O)C1(C)C. The Morgan fingerprint density at radius 3 is 2.11 bits per heavy atom. The van der Waals surface area contributed by atoms with Gasteiger partial charge in [0.15, 0.2) is 0 Å². The number of halogens is 1. The summed E-state index contributed by atoms with van der Waals surface area (Å²) in [5.74, 6) is -1.07. The van der Waals surface area contributed by atoms with Crippen molar-refractivity contribution < 1.29 is 19.1 Å². The molecular weight excluding hydrogens is 508 g/mol. The van der Waals surface area contributed by atoms with E-state index in [0.717, 1.165) is 28.9 Å². The Morgan fingerprint density at radius 1 is 1.03 bits per heavy atom. The lowest BCUT2D eigenvalue weighted by Crippen LogP contribution is -2.43. The summed E-state index contributed by atoms with van der Waals surface area (Å²) in [6, 6.07) is 15.7. The highest BCUT2D eigenvalue weighted by atomic mass is 35.5. The van der Waals surface area contributed by atoms with Gasteiger partial charge in [0.05, 0.1) is 5.92 Å². The van der Waals surface area contributed by atoms with Gasteiger partial charge in [0.2, 0.25) is 0 Å². The zero-order valence-electron chi connectivity index (χ0n) is 22.3. The lowest BCUT2D eigenvalue weighted by Gasteiger charge is -2.29. The highest BCUT2D eigenvalue weighted by Crippen LogP contribution is 2.45. The summed E-state index contributed by atoms with van der Waals surface area (Å²) in [6.45, 7) is 9.30. The van der Waals surface area contributed by atoms with E-state index in [1.165, 1.54) is 9.80 Å². The number of imide groups is 1. The van der Waals surface area contributed by atoms with Gasteiger partial charge < -0.3 is 9.64 Å². The normalized spacial score (nSPS) is 23.6. The number of benzene rings is 2. The van der Waals surface area contributed by atoms with Crippen LogP contribution < -0.4 is 0 Å². The van der Waals surface area contributed by atoms with Crippen molar-refractivity contribution in [2.24, 2.45) is 11.8 Å². The zero-order chi connectivity index (χ0) is 27.1. The largest absolute Gasteiger partial charge is 0.460 e. The van der Waals surface area contributed by atoms with Crippen molar-refractivity contribution in [3.63, 3.8) is 0 Å². The predicted octanol–water partition coefficient (Wildman–Crippen LogP) is 6.51. The molecule has 0 spiro atoms. The van der Waals surface area contributed by atoms with E-state index in [0.29, 0.717) is 5.02 Å². The Kier molecular flexibility index (Phi) is 7.69. The first-order chi connectivity index (χ1) is 17.3. The second kappa shape index (κ2) is 10.3. The molecule has 1 saturated heterocycles. The Bertz CT molecular complexity index is 1170. The first-order valence-electron chi connectivity index (χ1n) is 12.6. The molecule has 2 aliphatic rings. The molecule has 3 atom stereocenters. The van der Waals surface area contributed by atoms with Gasteiger partial charge in [-0.15, -0.1) is 11.8 Å². The van der Waals surface area contributed by atoms with Crippen LogP contribution in [0.3, 0.4) is 0 Å². The number of hydrogen-bond donors (Lipinski definition) is 0. The molecule has 3 amide bonds. The number of likely N-dealkylation sites (N-methyl/N-ethyl adjacent to an activating group) is 1. The van der Waals surface area contributed by atoms with Crippen LogP contribution in [0.25, 0.3) is 11.1 Å². The standard InChI is InChI=1S/C29H35ClN2O4S/c1-28(2,3)36-25(33)24-20(17-32-26(34)29(4,5)31(6)27(32)35)11-16-23(24)37-22-14-9-19(10-15-22)18-7-12-21(30)13-8-18/h7-10,12-15,20,23-24H,11,16-17H2,1-6H3/t20-,23-,24-/m0/s1. The van der Waals surface area contributed by atoms with Crippen molar-refractivity contribution in [1.82, 2.24) is 9.80 Å². The van der Waals surface area contributed by atoms with Gasteiger partial charge in [-0.3, -0.25) is 14.5 Å². The number of amides is 3. The molecule has 0 N–H and O–H groups in total. The molecule has 4 rings (SSSR count). The van der Waals surface area contributed by atoms with Gasteiger partial charge in [-0.05, 0) is 88.8 Å². The van der Waals surface area contributed by atoms with Crippen molar-refractivity contribution in [2.75, 3.05) is 13.6 Å². The average Bonchev–Trinajstić information content (AvgIpc) is 3.28. The molecule has 0 radical (unpaired) electrons. The van der Waals surface area contributed by atoms with Crippen molar-refractivity contribution in [3.05, 3.63) is 53.6 Å². The Labute approximate surface area is 228 Å². The van der Waals surface area contributed by atoms with Crippen molar-refractivity contribution in [3.8, 4) is 11.1 Å². The van der Waals surface area contributed by atoms with E-state index < -0.39 is 17.1 Å². The van der Waals surface area contributed by atoms with Crippen LogP contribution >= 0.6 is 23.4 Å². The van der Waals surface area contributed by atoms with Crippen LogP contribution in [-0.2, 0) is 14.3 Å². The lowest BCUT2D eigenvalue weighted by atomic mass is 9.94. The number of esters is 1. The number of carbonyl (C=O) groups is 3. The fourth-order valence-electron chi connectivity index (χ4n) is 5.01. The van der Waals surface area contributed by atoms with Crippen LogP contribution in [0.4, 0.5) is 4.79 Å². The highest BCUT2D eigenvalue weighted by molar-refractivity contribution is 8.00. The molecule has 6 nitrogen and oxygen atoms in total. The summed E-state index contributed by atoms with van der Waals surface area (Å²) in [5.41, 5.74) is 0.659. The van der Waals surface area contributed by atoms with E-state index >= 15 is 0 Å². The van der Waals surface area contributed by atoms with Crippen LogP contribution in [0.2, 0.25) is 5.02 Å². The van der Waals surface area contributed by atoms with Crippen molar-refractivity contribution in [2.45, 2.75) is 68.7 Å². The Hall–Kier alpha value is -2.51. The quantitative estimate of drug-likeness (QED) is 0.307. The molecule has 1 heterocycles. The number of hydrogen-bond acceptors (Lipinski definition) is 5. The Balaban J connectivity index is 1.53. The van der Waals surface area contributed by atoms with E-state index in [9.17, 15) is 14.4 Å². The van der Waals surface area contributed by atoms with Gasteiger partial charge in [-0.1, -0.05) is 35.9 Å². The molecule has 1 aliphatic heterocycles. The van der Waals surface area contributed by atoms with Crippen LogP contribution in [0, 0.1) is 11.8 Å². The molecule has 1 aliphatic carbocycles. The average molecular weight is 543 g/mol. The minimum Gasteiger partial charge on any atom is -0.460 e. The van der Waals surface area contributed by atoms with Gasteiger partial charge in [-0.2, -0.15) is 0 Å². The molecule has 37 heavy (non-hydrogen) atoms. The van der Waals surface area contributed by atoms with Gasteiger partial charge in [-0.25, -0.2) is 4.79 Å². The maximum atomic E-state index is 13.4. The van der Waals surface area contributed by atoms with E-state index in [1.54, 1.807) is 32.7 Å². The Morgan fingerprint density at radius 2 is 1.59 bits per heavy atom. The molecule has 0 aromatic heterocycles. The van der Waals surface area contributed by atoms with Crippen molar-refractivity contribution >= 4 is 41.3 Å². The second-order valence-corrected chi connectivity index (χ2v) is 13.1. The molecule has 8 heteroatoms. The number of carbonyl (C=O) groups excluding carboxylic acids is 3. The van der Waals surface area contributed by atoms with Gasteiger partial charge >= 0.3 is 12.0 Å². The third-order valence-corrected chi connectivity index (χ3v) is 8.90. The van der Waals surface area contributed by atoms with E-state index in [-0.39, 0.29) is 35.6 Å². The zero-order valence-corrected chi connectivity index (χ0v) is 23.9. The minimum atomic E-state index is -0.892. The summed E-state index contributed by atoms with van der Waals surface area (Å²) in [4.78, 5) is 43.2. The second-order valence-electron chi connectivity index (χ2n) is 11.4. The maximum absolute atomic E-state index is 13.4. The molecule has 0 unspecified atom stereocenters. The highest BCUT2D eigenvalue weighted by Gasteiger charge is 2.52. The third kappa shape index (κ3) is 5.83. The fraction of sp³-hybridized carbons (Fsp3) is 0.483. The minimum absolute atomic E-state index is 0.0141. The summed E-state index contributed by atoms with van der Waals surface area (Å²) in [6.07, 6.45) is 1.54. The number of urea groups is 1. The van der Waals surface area contributed by atoms with Gasteiger partial charge in [0.25, 0.3) is 5.91 Å². The predicted molar refractivity (Wildman–Crippen MR) is 148 cm³/mol. The smallest absolute Gasteiger partial charge is 0.327 e. The molecule has 0 bridgehead atoms. The summed E-state index contributed by atoms with van der Waals surface area (Å²) < 4.78 is 5.82. The number of nitrogens with zero attached hydrogens (tertiary/aromatic N) is 2. The monoisotopic (exact) mass is 542 g/mol. The summed E-state index contributed by atoms with van der Waals surface area (Å²) in [7, 11) is 1.65. The number of thioether (sulfide) groups is 1. The van der Waals surface area contributed by atoms with Gasteiger partial charge in [0, 0.05) is 28.8 Å².